The molecule has 0 aliphatic rings. The van der Waals surface area contributed by atoms with E-state index in [9.17, 15) is 4.79 Å². The summed E-state index contributed by atoms with van der Waals surface area (Å²) in [4.78, 5) is 14.4. The molecule has 0 spiro atoms. The van der Waals surface area contributed by atoms with Gasteiger partial charge < -0.3 is 5.32 Å². The molecule has 2 aromatic rings. The van der Waals surface area contributed by atoms with E-state index in [1.165, 1.54) is 4.80 Å². The molecule has 7 heteroatoms. The minimum atomic E-state index is -0.271. The second-order valence-corrected chi connectivity index (χ2v) is 8.24. The van der Waals surface area contributed by atoms with Crippen LogP contribution in [0.4, 0.5) is 0 Å². The Hall–Kier alpha value is -1.76. The van der Waals surface area contributed by atoms with Gasteiger partial charge >= 0.3 is 0 Å². The largest absolute Gasteiger partial charge is 0.350 e. The lowest BCUT2D eigenvalue weighted by Gasteiger charge is -2.33. The minimum absolute atomic E-state index is 0.0753. The van der Waals surface area contributed by atoms with Crippen molar-refractivity contribution >= 4 is 17.2 Å². The lowest BCUT2D eigenvalue weighted by Crippen LogP contribution is -2.47. The van der Waals surface area contributed by atoms with E-state index in [1.54, 1.807) is 11.3 Å². The third kappa shape index (κ3) is 4.91. The number of tetrazole rings is 1. The fourth-order valence-corrected chi connectivity index (χ4v) is 3.38. The predicted molar refractivity (Wildman–Crippen MR) is 87.4 cm³/mol. The number of carbonyl (C=O) groups is 1. The summed E-state index contributed by atoms with van der Waals surface area (Å²) < 4.78 is 0. The SMILES string of the molecule is CC(C)(C)CC(C)(C)NC(=O)Cn1nnc(-c2cccs2)n1. The van der Waals surface area contributed by atoms with Crippen LogP contribution < -0.4 is 5.32 Å². The first-order valence-corrected chi connectivity index (χ1v) is 8.15. The third-order valence-corrected chi connectivity index (χ3v) is 3.80. The Bertz CT molecular complexity index is 625. The quantitative estimate of drug-likeness (QED) is 0.919. The van der Waals surface area contributed by atoms with Crippen LogP contribution in [-0.2, 0) is 11.3 Å². The van der Waals surface area contributed by atoms with E-state index >= 15 is 0 Å². The van der Waals surface area contributed by atoms with E-state index in [4.69, 9.17) is 0 Å². The fraction of sp³-hybridized carbons (Fsp3) is 0.600. The summed E-state index contributed by atoms with van der Waals surface area (Å²) in [6.45, 7) is 10.6. The summed E-state index contributed by atoms with van der Waals surface area (Å²) in [5.74, 6) is 0.445. The monoisotopic (exact) mass is 321 g/mol. The molecule has 0 saturated carbocycles. The van der Waals surface area contributed by atoms with Crippen LogP contribution in [0.15, 0.2) is 17.5 Å². The molecule has 0 bridgehead atoms. The smallest absolute Gasteiger partial charge is 0.244 e. The molecular weight excluding hydrogens is 298 g/mol. The maximum Gasteiger partial charge on any atom is 0.244 e. The number of rotatable bonds is 5. The van der Waals surface area contributed by atoms with Gasteiger partial charge in [0.05, 0.1) is 4.88 Å². The minimum Gasteiger partial charge on any atom is -0.350 e. The highest BCUT2D eigenvalue weighted by atomic mass is 32.1. The maximum atomic E-state index is 12.2. The standard InChI is InChI=1S/C15H23N5OS/c1-14(2,3)10-15(4,5)16-12(21)9-20-18-13(17-19-20)11-7-6-8-22-11/h6-8H,9-10H2,1-5H3,(H,16,21). The van der Waals surface area contributed by atoms with Crippen LogP contribution in [0.5, 0.6) is 0 Å². The molecule has 2 rings (SSSR count). The summed E-state index contributed by atoms with van der Waals surface area (Å²) in [7, 11) is 0. The average Bonchev–Trinajstić information content (AvgIpc) is 2.92. The maximum absolute atomic E-state index is 12.2. The van der Waals surface area contributed by atoms with Crippen molar-refractivity contribution in [1.29, 1.82) is 0 Å². The van der Waals surface area contributed by atoms with Crippen LogP contribution in [0, 0.1) is 5.41 Å². The van der Waals surface area contributed by atoms with Crippen LogP contribution in [0.25, 0.3) is 10.7 Å². The van der Waals surface area contributed by atoms with Gasteiger partial charge in [-0.2, -0.15) is 4.80 Å². The predicted octanol–water partition coefficient (Wildman–Crippen LogP) is 2.73. The Morgan fingerprint density at radius 3 is 2.64 bits per heavy atom. The molecule has 0 aliphatic carbocycles. The number of nitrogens with one attached hydrogen (secondary N) is 1. The van der Waals surface area contributed by atoms with Crippen molar-refractivity contribution in [3.8, 4) is 10.7 Å². The Kier molecular flexibility index (Phi) is 4.65. The van der Waals surface area contributed by atoms with Gasteiger partial charge in [-0.05, 0) is 42.3 Å². The summed E-state index contributed by atoms with van der Waals surface area (Å²) in [5, 5.41) is 17.2. The number of hydrogen-bond donors (Lipinski definition) is 1. The zero-order chi connectivity index (χ0) is 16.4. The number of nitrogens with zero attached hydrogens (tertiary/aromatic N) is 4. The summed E-state index contributed by atoms with van der Waals surface area (Å²) >= 11 is 1.55. The molecule has 0 aliphatic heterocycles. The van der Waals surface area contributed by atoms with Crippen molar-refractivity contribution in [2.45, 2.75) is 53.1 Å². The molecule has 22 heavy (non-hydrogen) atoms. The Morgan fingerprint density at radius 2 is 2.05 bits per heavy atom. The van der Waals surface area contributed by atoms with E-state index < -0.39 is 0 Å². The zero-order valence-corrected chi connectivity index (χ0v) is 14.6. The molecule has 0 radical (unpaired) electrons. The van der Waals surface area contributed by atoms with Gasteiger partial charge in [-0.15, -0.1) is 21.5 Å². The van der Waals surface area contributed by atoms with Crippen molar-refractivity contribution in [2.24, 2.45) is 5.41 Å². The third-order valence-electron chi connectivity index (χ3n) is 2.93. The Labute approximate surface area is 134 Å². The van der Waals surface area contributed by atoms with Crippen molar-refractivity contribution in [3.05, 3.63) is 17.5 Å². The molecule has 120 valence electrons. The summed E-state index contributed by atoms with van der Waals surface area (Å²) in [6, 6.07) is 3.86. The summed E-state index contributed by atoms with van der Waals surface area (Å²) in [5.41, 5.74) is -0.124. The highest BCUT2D eigenvalue weighted by Gasteiger charge is 2.27. The second-order valence-electron chi connectivity index (χ2n) is 7.29. The first kappa shape index (κ1) is 16.6. The van der Waals surface area contributed by atoms with Crippen LogP contribution in [0.1, 0.15) is 41.0 Å². The van der Waals surface area contributed by atoms with Crippen molar-refractivity contribution < 1.29 is 4.79 Å². The number of aromatic nitrogens is 4. The van der Waals surface area contributed by atoms with Gasteiger partial charge in [0, 0.05) is 5.54 Å². The molecule has 0 aromatic carbocycles. The topological polar surface area (TPSA) is 72.7 Å². The van der Waals surface area contributed by atoms with Gasteiger partial charge in [-0.3, -0.25) is 4.79 Å². The molecule has 1 amide bonds. The number of hydrogen-bond acceptors (Lipinski definition) is 5. The van der Waals surface area contributed by atoms with Gasteiger partial charge in [0.2, 0.25) is 11.7 Å². The highest BCUT2D eigenvalue weighted by molar-refractivity contribution is 7.13. The van der Waals surface area contributed by atoms with Gasteiger partial charge in [0.15, 0.2) is 0 Å². The van der Waals surface area contributed by atoms with Gasteiger partial charge in [-0.25, -0.2) is 0 Å². The van der Waals surface area contributed by atoms with Crippen molar-refractivity contribution in [1.82, 2.24) is 25.5 Å². The Balaban J connectivity index is 1.95. The van der Waals surface area contributed by atoms with E-state index in [0.29, 0.717) is 5.82 Å². The first-order valence-electron chi connectivity index (χ1n) is 7.27. The van der Waals surface area contributed by atoms with Crippen LogP contribution in [0.2, 0.25) is 0 Å². The molecule has 0 atom stereocenters. The number of amides is 1. The van der Waals surface area contributed by atoms with E-state index in [0.717, 1.165) is 11.3 Å². The zero-order valence-electron chi connectivity index (χ0n) is 13.8. The van der Waals surface area contributed by atoms with Crippen LogP contribution >= 0.6 is 11.3 Å². The molecule has 0 fully saturated rings. The normalized spacial score (nSPS) is 12.4. The molecule has 6 nitrogen and oxygen atoms in total. The van der Waals surface area contributed by atoms with Gasteiger partial charge in [0.1, 0.15) is 6.54 Å². The highest BCUT2D eigenvalue weighted by Crippen LogP contribution is 2.26. The average molecular weight is 321 g/mol. The lowest BCUT2D eigenvalue weighted by atomic mass is 9.82. The Morgan fingerprint density at radius 1 is 1.32 bits per heavy atom. The van der Waals surface area contributed by atoms with Crippen LogP contribution in [0.3, 0.4) is 0 Å². The molecular formula is C15H23N5OS. The summed E-state index contributed by atoms with van der Waals surface area (Å²) in [6.07, 6.45) is 0.886. The second kappa shape index (κ2) is 6.16. The fourth-order valence-electron chi connectivity index (χ4n) is 2.73. The number of carbonyl (C=O) groups excluding carboxylic acids is 1. The molecule has 2 aromatic heterocycles. The lowest BCUT2D eigenvalue weighted by molar-refractivity contribution is -0.124. The van der Waals surface area contributed by atoms with Crippen LogP contribution in [-0.4, -0.2) is 31.7 Å². The molecule has 0 saturated heterocycles. The molecule has 1 N–H and O–H groups in total. The van der Waals surface area contributed by atoms with E-state index in [2.05, 4.69) is 41.5 Å². The van der Waals surface area contributed by atoms with E-state index in [1.807, 2.05) is 31.4 Å². The van der Waals surface area contributed by atoms with Gasteiger partial charge in [0.25, 0.3) is 0 Å². The molecule has 2 heterocycles. The van der Waals surface area contributed by atoms with Gasteiger partial charge in [-0.1, -0.05) is 26.8 Å². The first-order chi connectivity index (χ1) is 10.1. The number of thiophene rings is 1. The van der Waals surface area contributed by atoms with Crippen molar-refractivity contribution in [3.63, 3.8) is 0 Å². The van der Waals surface area contributed by atoms with Crippen molar-refractivity contribution in [2.75, 3.05) is 0 Å². The molecule has 0 unspecified atom stereocenters. The van der Waals surface area contributed by atoms with E-state index in [-0.39, 0.29) is 23.4 Å².